The second-order valence-electron chi connectivity index (χ2n) is 9.61. The molecule has 0 unspecified atom stereocenters. The Morgan fingerprint density at radius 3 is 2.43 bits per heavy atom. The molecule has 6 heteroatoms. The van der Waals surface area contributed by atoms with Gasteiger partial charge in [0.25, 0.3) is 11.5 Å². The van der Waals surface area contributed by atoms with Crippen LogP contribution in [0.5, 0.6) is 0 Å². The number of carbonyl (C=O) groups excluding carboxylic acids is 1. The number of hydrogen-bond donors (Lipinski definition) is 2. The number of rotatable bonds is 7. The number of pyridine rings is 2. The maximum atomic E-state index is 13.5. The van der Waals surface area contributed by atoms with Crippen LogP contribution < -0.4 is 15.8 Å². The minimum atomic E-state index is -0.168. The minimum Gasteiger partial charge on any atom is -0.369 e. The number of amides is 1. The average Bonchev–Trinajstić information content (AvgIpc) is 2.86. The molecule has 184 valence electrons. The molecule has 1 aromatic carbocycles. The van der Waals surface area contributed by atoms with Gasteiger partial charge in [0, 0.05) is 54.0 Å². The van der Waals surface area contributed by atoms with Gasteiger partial charge in [-0.25, -0.2) is 0 Å². The summed E-state index contributed by atoms with van der Waals surface area (Å²) in [5, 5.41) is 3.01. The van der Waals surface area contributed by atoms with Crippen molar-refractivity contribution in [1.29, 1.82) is 0 Å². The molecule has 0 aliphatic heterocycles. The first-order valence-corrected chi connectivity index (χ1v) is 12.7. The van der Waals surface area contributed by atoms with Crippen molar-refractivity contribution in [2.45, 2.75) is 72.4 Å². The van der Waals surface area contributed by atoms with E-state index < -0.39 is 0 Å². The molecule has 2 N–H and O–H groups in total. The first kappa shape index (κ1) is 24.7. The lowest BCUT2D eigenvalue weighted by Crippen LogP contribution is -2.37. The van der Waals surface area contributed by atoms with Crippen molar-refractivity contribution in [1.82, 2.24) is 15.3 Å². The summed E-state index contributed by atoms with van der Waals surface area (Å²) in [6.45, 7) is 9.08. The van der Waals surface area contributed by atoms with Gasteiger partial charge >= 0.3 is 0 Å². The second kappa shape index (κ2) is 10.9. The largest absolute Gasteiger partial charge is 0.369 e. The molecule has 0 spiro atoms. The summed E-state index contributed by atoms with van der Waals surface area (Å²) < 4.78 is 0. The molecule has 2 aromatic heterocycles. The molecule has 0 radical (unpaired) electrons. The van der Waals surface area contributed by atoms with Crippen molar-refractivity contribution in [3.05, 3.63) is 81.0 Å². The Morgan fingerprint density at radius 1 is 1.06 bits per heavy atom. The van der Waals surface area contributed by atoms with Gasteiger partial charge in [0.15, 0.2) is 0 Å². The molecule has 6 nitrogen and oxygen atoms in total. The van der Waals surface area contributed by atoms with E-state index in [1.165, 1.54) is 32.1 Å². The van der Waals surface area contributed by atoms with E-state index in [0.717, 1.165) is 40.2 Å². The number of benzene rings is 1. The lowest BCUT2D eigenvalue weighted by atomic mass is 9.91. The van der Waals surface area contributed by atoms with E-state index in [-0.39, 0.29) is 18.0 Å². The Morgan fingerprint density at radius 2 is 1.77 bits per heavy atom. The van der Waals surface area contributed by atoms with Crippen molar-refractivity contribution in [2.75, 3.05) is 11.4 Å². The van der Waals surface area contributed by atoms with E-state index in [2.05, 4.69) is 33.2 Å². The molecule has 0 bridgehead atoms. The number of nitrogens with one attached hydrogen (secondary N) is 2. The van der Waals surface area contributed by atoms with Crippen molar-refractivity contribution in [3.63, 3.8) is 0 Å². The average molecular weight is 473 g/mol. The zero-order chi connectivity index (χ0) is 24.9. The maximum absolute atomic E-state index is 13.5. The topological polar surface area (TPSA) is 78.1 Å². The van der Waals surface area contributed by atoms with Gasteiger partial charge in [-0.3, -0.25) is 14.6 Å². The normalized spacial score (nSPS) is 14.1. The Bertz CT molecular complexity index is 1240. The van der Waals surface area contributed by atoms with Crippen molar-refractivity contribution >= 4 is 11.6 Å². The van der Waals surface area contributed by atoms with Crippen molar-refractivity contribution in [3.8, 4) is 11.1 Å². The van der Waals surface area contributed by atoms with Gasteiger partial charge in [-0.2, -0.15) is 0 Å². The number of H-pyrrole nitrogens is 1. The van der Waals surface area contributed by atoms with Gasteiger partial charge in [0.05, 0.1) is 0 Å². The maximum Gasteiger partial charge on any atom is 0.253 e. The number of carbonyl (C=O) groups is 1. The third-order valence-corrected chi connectivity index (χ3v) is 7.22. The Balaban J connectivity index is 1.72. The van der Waals surface area contributed by atoms with E-state index in [4.69, 9.17) is 0 Å². The lowest BCUT2D eigenvalue weighted by molar-refractivity contribution is 0.0950. The van der Waals surface area contributed by atoms with Gasteiger partial charge in [0.1, 0.15) is 0 Å². The number of aromatic amines is 1. The molecule has 2 heterocycles. The van der Waals surface area contributed by atoms with Gasteiger partial charge in [-0.15, -0.1) is 0 Å². The predicted molar refractivity (Wildman–Crippen MR) is 142 cm³/mol. The summed E-state index contributed by atoms with van der Waals surface area (Å²) in [4.78, 5) is 35.4. The molecular formula is C29H36N4O2. The van der Waals surface area contributed by atoms with Crippen LogP contribution in [0.15, 0.2) is 47.5 Å². The molecule has 1 aliphatic carbocycles. The SMILES string of the molecule is CCN(c1cc(-c2ccncc2)cc(C(=O)NCc2c(C)cc(C)[nH]c2=O)c1C)C1CCCCC1. The van der Waals surface area contributed by atoms with Gasteiger partial charge < -0.3 is 15.2 Å². The number of anilines is 1. The molecule has 4 rings (SSSR count). The highest BCUT2D eigenvalue weighted by atomic mass is 16.1. The summed E-state index contributed by atoms with van der Waals surface area (Å²) in [5.41, 5.74) is 6.89. The van der Waals surface area contributed by atoms with Gasteiger partial charge in [0.2, 0.25) is 0 Å². The highest BCUT2D eigenvalue weighted by molar-refractivity contribution is 5.99. The van der Waals surface area contributed by atoms with Crippen LogP contribution in [0.3, 0.4) is 0 Å². The lowest BCUT2D eigenvalue weighted by Gasteiger charge is -2.37. The molecule has 1 saturated carbocycles. The smallest absolute Gasteiger partial charge is 0.253 e. The highest BCUT2D eigenvalue weighted by Gasteiger charge is 2.24. The molecule has 1 fully saturated rings. The van der Waals surface area contributed by atoms with E-state index >= 15 is 0 Å². The fourth-order valence-corrected chi connectivity index (χ4v) is 5.33. The number of aryl methyl sites for hydroxylation is 2. The van der Waals surface area contributed by atoms with Crippen LogP contribution in [0, 0.1) is 20.8 Å². The number of hydrogen-bond acceptors (Lipinski definition) is 4. The third kappa shape index (κ3) is 5.47. The Labute approximate surface area is 207 Å². The van der Waals surface area contributed by atoms with Crippen molar-refractivity contribution in [2.24, 2.45) is 0 Å². The molecule has 35 heavy (non-hydrogen) atoms. The summed E-state index contributed by atoms with van der Waals surface area (Å²) in [6.07, 6.45) is 9.73. The van der Waals surface area contributed by atoms with Crippen molar-refractivity contribution < 1.29 is 4.79 Å². The molecule has 3 aromatic rings. The highest BCUT2D eigenvalue weighted by Crippen LogP contribution is 2.35. The number of aromatic nitrogens is 2. The molecule has 1 amide bonds. The second-order valence-corrected chi connectivity index (χ2v) is 9.61. The quantitative estimate of drug-likeness (QED) is 0.479. The molecule has 0 atom stereocenters. The fraction of sp³-hybridized carbons (Fsp3) is 0.414. The summed E-state index contributed by atoms with van der Waals surface area (Å²) in [7, 11) is 0. The minimum absolute atomic E-state index is 0.153. The van der Waals surface area contributed by atoms with Crippen LogP contribution >= 0.6 is 0 Å². The fourth-order valence-electron chi connectivity index (χ4n) is 5.33. The summed E-state index contributed by atoms with van der Waals surface area (Å²) in [5.74, 6) is -0.168. The van der Waals surface area contributed by atoms with Gasteiger partial charge in [-0.05, 0) is 93.1 Å². The number of nitrogens with zero attached hydrogens (tertiary/aromatic N) is 2. The molecule has 0 saturated heterocycles. The third-order valence-electron chi connectivity index (χ3n) is 7.22. The first-order valence-electron chi connectivity index (χ1n) is 12.7. The summed E-state index contributed by atoms with van der Waals surface area (Å²) in [6, 6.07) is 10.5. The Kier molecular flexibility index (Phi) is 7.69. The van der Waals surface area contributed by atoms with E-state index in [0.29, 0.717) is 17.2 Å². The van der Waals surface area contributed by atoms with Crippen LogP contribution in [-0.2, 0) is 6.54 Å². The predicted octanol–water partition coefficient (Wildman–Crippen LogP) is 5.45. The van der Waals surface area contributed by atoms with E-state index in [1.54, 1.807) is 12.4 Å². The zero-order valence-electron chi connectivity index (χ0n) is 21.3. The van der Waals surface area contributed by atoms with Crippen LogP contribution in [0.1, 0.15) is 71.8 Å². The van der Waals surface area contributed by atoms with Crippen LogP contribution in [0.2, 0.25) is 0 Å². The standard InChI is InChI=1S/C29H36N4O2/c1-5-33(24-9-7-6-8-10-24)27-17-23(22-11-13-30-14-12-22)16-25(21(27)4)28(34)31-18-26-19(2)15-20(3)32-29(26)35/h11-17,24H,5-10,18H2,1-4H3,(H,31,34)(H,32,35). The molecule has 1 aliphatic rings. The van der Waals surface area contributed by atoms with Crippen LogP contribution in [0.4, 0.5) is 5.69 Å². The zero-order valence-corrected chi connectivity index (χ0v) is 21.3. The molecular weight excluding hydrogens is 436 g/mol. The Hall–Kier alpha value is -3.41. The summed E-state index contributed by atoms with van der Waals surface area (Å²) >= 11 is 0. The van der Waals surface area contributed by atoms with E-state index in [1.807, 2.05) is 45.0 Å². The van der Waals surface area contributed by atoms with Crippen LogP contribution in [0.25, 0.3) is 11.1 Å². The first-order chi connectivity index (χ1) is 16.9. The van der Waals surface area contributed by atoms with E-state index in [9.17, 15) is 9.59 Å². The van der Waals surface area contributed by atoms with Crippen LogP contribution in [-0.4, -0.2) is 28.5 Å². The monoisotopic (exact) mass is 472 g/mol. The van der Waals surface area contributed by atoms with Gasteiger partial charge in [-0.1, -0.05) is 19.3 Å².